The lowest BCUT2D eigenvalue weighted by atomic mass is 10.3. The molecule has 0 fully saturated rings. The predicted molar refractivity (Wildman–Crippen MR) is 69.8 cm³/mol. The van der Waals surface area contributed by atoms with Crippen molar-refractivity contribution in [2.75, 3.05) is 10.5 Å². The summed E-state index contributed by atoms with van der Waals surface area (Å²) in [6, 6.07) is 12.0. The van der Waals surface area contributed by atoms with Crippen molar-refractivity contribution in [1.82, 2.24) is 0 Å². The van der Waals surface area contributed by atoms with Crippen LogP contribution in [0.1, 0.15) is 0 Å². The summed E-state index contributed by atoms with van der Waals surface area (Å²) in [4.78, 5) is 0.0470. The molecule has 0 aromatic heterocycles. The van der Waals surface area contributed by atoms with Crippen LogP contribution in [0.2, 0.25) is 0 Å². The van der Waals surface area contributed by atoms with Crippen molar-refractivity contribution in [3.05, 3.63) is 48.5 Å². The second kappa shape index (κ2) is 4.58. The molecule has 4 N–H and O–H groups in total. The lowest BCUT2D eigenvalue weighted by Crippen LogP contribution is -2.13. The smallest absolute Gasteiger partial charge is 0.262 e. The van der Waals surface area contributed by atoms with Gasteiger partial charge in [0, 0.05) is 5.69 Å². The lowest BCUT2D eigenvalue weighted by molar-refractivity contribution is 0.477. The third-order valence-electron chi connectivity index (χ3n) is 2.32. The lowest BCUT2D eigenvalue weighted by Gasteiger charge is -2.09. The number of nitrogen functional groups attached to an aromatic ring is 1. The standard InChI is InChI=1S/C12H12N2O3S/c13-9-4-3-5-10(8-9)18(16,17)14-11-6-1-2-7-12(11)15/h1-8,14-15H,13H2. The Morgan fingerprint density at radius 3 is 2.44 bits per heavy atom. The number of hydrogen-bond acceptors (Lipinski definition) is 4. The van der Waals surface area contributed by atoms with Crippen LogP contribution in [0.15, 0.2) is 53.4 Å². The first kappa shape index (κ1) is 12.3. The van der Waals surface area contributed by atoms with E-state index in [1.54, 1.807) is 24.3 Å². The molecule has 0 aliphatic heterocycles. The molecule has 0 aliphatic rings. The Balaban J connectivity index is 2.37. The van der Waals surface area contributed by atoms with Crippen LogP contribution < -0.4 is 10.5 Å². The van der Waals surface area contributed by atoms with Crippen LogP contribution in [0.4, 0.5) is 11.4 Å². The molecule has 0 saturated carbocycles. The molecular weight excluding hydrogens is 252 g/mol. The average molecular weight is 264 g/mol. The van der Waals surface area contributed by atoms with Gasteiger partial charge in [-0.05, 0) is 30.3 Å². The number of para-hydroxylation sites is 2. The van der Waals surface area contributed by atoms with Crippen molar-refractivity contribution in [3.63, 3.8) is 0 Å². The van der Waals surface area contributed by atoms with Gasteiger partial charge in [0.2, 0.25) is 0 Å². The highest BCUT2D eigenvalue weighted by molar-refractivity contribution is 7.92. The second-order valence-corrected chi connectivity index (χ2v) is 5.38. The molecule has 0 radical (unpaired) electrons. The van der Waals surface area contributed by atoms with E-state index < -0.39 is 10.0 Å². The maximum Gasteiger partial charge on any atom is 0.262 e. The van der Waals surface area contributed by atoms with Crippen LogP contribution in [-0.4, -0.2) is 13.5 Å². The number of hydrogen-bond donors (Lipinski definition) is 3. The van der Waals surface area contributed by atoms with Crippen molar-refractivity contribution in [3.8, 4) is 5.75 Å². The third-order valence-corrected chi connectivity index (χ3v) is 3.68. The number of phenolic OH excluding ortho intramolecular Hbond substituents is 1. The Bertz CT molecular complexity index is 669. The predicted octanol–water partition coefficient (Wildman–Crippen LogP) is 1.78. The van der Waals surface area contributed by atoms with Crippen LogP contribution in [0.3, 0.4) is 0 Å². The summed E-state index contributed by atoms with van der Waals surface area (Å²) in [7, 11) is -3.75. The van der Waals surface area contributed by atoms with Crippen LogP contribution in [-0.2, 0) is 10.0 Å². The summed E-state index contributed by atoms with van der Waals surface area (Å²) in [5.74, 6) is -0.134. The Morgan fingerprint density at radius 1 is 1.06 bits per heavy atom. The van der Waals surface area contributed by atoms with Crippen molar-refractivity contribution in [2.24, 2.45) is 0 Å². The van der Waals surface area contributed by atoms with E-state index in [4.69, 9.17) is 5.73 Å². The summed E-state index contributed by atoms with van der Waals surface area (Å²) >= 11 is 0. The third kappa shape index (κ3) is 2.54. The minimum atomic E-state index is -3.75. The second-order valence-electron chi connectivity index (χ2n) is 3.70. The van der Waals surface area contributed by atoms with Gasteiger partial charge in [0.15, 0.2) is 0 Å². The Hall–Kier alpha value is -2.21. The zero-order valence-corrected chi connectivity index (χ0v) is 10.2. The average Bonchev–Trinajstić information content (AvgIpc) is 2.32. The number of benzene rings is 2. The SMILES string of the molecule is Nc1cccc(S(=O)(=O)Nc2ccccc2O)c1. The van der Waals surface area contributed by atoms with E-state index >= 15 is 0 Å². The van der Waals surface area contributed by atoms with Gasteiger partial charge >= 0.3 is 0 Å². The summed E-state index contributed by atoms with van der Waals surface area (Å²) in [6.07, 6.45) is 0. The van der Waals surface area contributed by atoms with Gasteiger partial charge in [0.25, 0.3) is 10.0 Å². The van der Waals surface area contributed by atoms with E-state index in [1.807, 2.05) is 0 Å². The number of aromatic hydroxyl groups is 1. The van der Waals surface area contributed by atoms with Gasteiger partial charge < -0.3 is 10.8 Å². The first-order valence-corrected chi connectivity index (χ1v) is 6.64. The molecule has 5 nitrogen and oxygen atoms in total. The minimum absolute atomic E-state index is 0.0470. The molecule has 94 valence electrons. The number of nitrogens with two attached hydrogens (primary N) is 1. The molecule has 0 spiro atoms. The van der Waals surface area contributed by atoms with Crippen molar-refractivity contribution >= 4 is 21.4 Å². The molecule has 0 heterocycles. The normalized spacial score (nSPS) is 11.1. The molecule has 0 atom stereocenters. The molecule has 0 unspecified atom stereocenters. The molecule has 2 rings (SSSR count). The van der Waals surface area contributed by atoms with E-state index in [0.29, 0.717) is 5.69 Å². The molecule has 2 aromatic carbocycles. The molecular formula is C12H12N2O3S. The fraction of sp³-hybridized carbons (Fsp3) is 0. The van der Waals surface area contributed by atoms with Gasteiger partial charge in [-0.15, -0.1) is 0 Å². The van der Waals surface area contributed by atoms with E-state index in [-0.39, 0.29) is 16.3 Å². The fourth-order valence-electron chi connectivity index (χ4n) is 1.45. The number of anilines is 2. The van der Waals surface area contributed by atoms with Gasteiger partial charge in [-0.25, -0.2) is 8.42 Å². The van der Waals surface area contributed by atoms with E-state index in [9.17, 15) is 13.5 Å². The van der Waals surface area contributed by atoms with Crippen molar-refractivity contribution < 1.29 is 13.5 Å². The highest BCUT2D eigenvalue weighted by atomic mass is 32.2. The van der Waals surface area contributed by atoms with Crippen LogP contribution in [0.5, 0.6) is 5.75 Å². The number of sulfonamides is 1. The van der Waals surface area contributed by atoms with E-state index in [1.165, 1.54) is 24.3 Å². The summed E-state index contributed by atoms with van der Waals surface area (Å²) in [6.45, 7) is 0. The molecule has 6 heteroatoms. The minimum Gasteiger partial charge on any atom is -0.506 e. The zero-order chi connectivity index (χ0) is 13.2. The topological polar surface area (TPSA) is 92.4 Å². The largest absolute Gasteiger partial charge is 0.506 e. The monoisotopic (exact) mass is 264 g/mol. The fourth-order valence-corrected chi connectivity index (χ4v) is 2.57. The number of rotatable bonds is 3. The van der Waals surface area contributed by atoms with E-state index in [2.05, 4.69) is 4.72 Å². The number of nitrogens with one attached hydrogen (secondary N) is 1. The highest BCUT2D eigenvalue weighted by Gasteiger charge is 2.15. The molecule has 2 aromatic rings. The Morgan fingerprint density at radius 2 is 1.78 bits per heavy atom. The zero-order valence-electron chi connectivity index (χ0n) is 9.37. The quantitative estimate of drug-likeness (QED) is 0.582. The molecule has 0 aliphatic carbocycles. The number of phenols is 1. The van der Waals surface area contributed by atoms with Gasteiger partial charge in [0.05, 0.1) is 10.6 Å². The molecule has 0 saturated heterocycles. The summed E-state index contributed by atoms with van der Waals surface area (Å²) < 4.78 is 26.4. The van der Waals surface area contributed by atoms with Gasteiger partial charge in [-0.3, -0.25) is 4.72 Å². The van der Waals surface area contributed by atoms with Crippen LogP contribution >= 0.6 is 0 Å². The first-order chi connectivity index (χ1) is 8.49. The highest BCUT2D eigenvalue weighted by Crippen LogP contribution is 2.25. The Kier molecular flexibility index (Phi) is 3.12. The van der Waals surface area contributed by atoms with E-state index in [0.717, 1.165) is 0 Å². The summed E-state index contributed by atoms with van der Waals surface area (Å²) in [5.41, 5.74) is 6.02. The Labute approximate surface area is 105 Å². The maximum atomic E-state index is 12.0. The molecule has 0 bridgehead atoms. The van der Waals surface area contributed by atoms with Gasteiger partial charge in [-0.1, -0.05) is 18.2 Å². The summed E-state index contributed by atoms with van der Waals surface area (Å²) in [5, 5.41) is 9.52. The van der Waals surface area contributed by atoms with Crippen LogP contribution in [0, 0.1) is 0 Å². The molecule has 18 heavy (non-hydrogen) atoms. The molecule has 0 amide bonds. The van der Waals surface area contributed by atoms with Crippen molar-refractivity contribution in [1.29, 1.82) is 0 Å². The first-order valence-electron chi connectivity index (χ1n) is 5.15. The van der Waals surface area contributed by atoms with Gasteiger partial charge in [-0.2, -0.15) is 0 Å². The van der Waals surface area contributed by atoms with Crippen molar-refractivity contribution in [2.45, 2.75) is 4.90 Å². The maximum absolute atomic E-state index is 12.0. The van der Waals surface area contributed by atoms with Gasteiger partial charge in [0.1, 0.15) is 5.75 Å². The van der Waals surface area contributed by atoms with Crippen LogP contribution in [0.25, 0.3) is 0 Å².